The van der Waals surface area contributed by atoms with E-state index < -0.39 is 6.04 Å². The zero-order valence-corrected chi connectivity index (χ0v) is 21.8. The molecule has 1 aromatic rings. The van der Waals surface area contributed by atoms with Crippen molar-refractivity contribution in [2.45, 2.75) is 69.6 Å². The molecule has 1 saturated carbocycles. The number of thioether (sulfide) groups is 2. The van der Waals surface area contributed by atoms with Gasteiger partial charge in [-0.2, -0.15) is 11.8 Å². The minimum Gasteiger partial charge on any atom is -0.351 e. The first-order valence-electron chi connectivity index (χ1n) is 12.9. The van der Waals surface area contributed by atoms with Crippen molar-refractivity contribution in [3.63, 3.8) is 0 Å². The number of piperidine rings is 1. The zero-order chi connectivity index (χ0) is 23.6. The Labute approximate surface area is 213 Å². The highest BCUT2D eigenvalue weighted by molar-refractivity contribution is 7.99. The number of nitrogens with one attached hydrogen (secondary N) is 3. The quantitative estimate of drug-likeness (QED) is 0.454. The van der Waals surface area contributed by atoms with Crippen LogP contribution in [0.4, 0.5) is 0 Å². The van der Waals surface area contributed by atoms with E-state index >= 15 is 0 Å². The maximum atomic E-state index is 13.2. The number of rotatable bonds is 10. The molecule has 3 aliphatic rings. The number of benzene rings is 1. The predicted molar refractivity (Wildman–Crippen MR) is 143 cm³/mol. The zero-order valence-electron chi connectivity index (χ0n) is 20.2. The van der Waals surface area contributed by atoms with Gasteiger partial charge in [-0.1, -0.05) is 49.6 Å². The molecule has 188 valence electrons. The van der Waals surface area contributed by atoms with Gasteiger partial charge in [-0.3, -0.25) is 19.8 Å². The number of hydrogen-bond donors (Lipinski definition) is 3. The average molecular weight is 505 g/mol. The topological polar surface area (TPSA) is 73.5 Å². The molecular formula is C26H40N4O2S2. The molecule has 6 nitrogen and oxygen atoms in total. The molecule has 2 amide bonds. The van der Waals surface area contributed by atoms with E-state index in [2.05, 4.69) is 51.2 Å². The first-order chi connectivity index (χ1) is 16.7. The standard InChI is InChI=1S/C26H40N4O2S2/c31-25(23-17-34-19-27-23)29-24(18-33-16-21-9-5-2-6-10-21)26(32)28-22-11-13-30(14-12-22)15-20-7-3-1-4-8-20/h1,3-4,7-8,21-24,27H,2,5-6,9-19H2,(H,28,32)(H,29,31)/t23-,24?/m0/s1. The Morgan fingerprint density at radius 2 is 1.85 bits per heavy atom. The van der Waals surface area contributed by atoms with Crippen LogP contribution in [-0.4, -0.2) is 71.1 Å². The van der Waals surface area contributed by atoms with Crippen molar-refractivity contribution >= 4 is 35.3 Å². The number of carbonyl (C=O) groups is 2. The number of nitrogens with zero attached hydrogens (tertiary/aromatic N) is 1. The Hall–Kier alpha value is -1.22. The average Bonchev–Trinajstić information content (AvgIpc) is 3.41. The molecule has 34 heavy (non-hydrogen) atoms. The van der Waals surface area contributed by atoms with Crippen LogP contribution >= 0.6 is 23.5 Å². The minimum absolute atomic E-state index is 0.0170. The van der Waals surface area contributed by atoms with Gasteiger partial charge < -0.3 is 10.6 Å². The number of hydrogen-bond acceptors (Lipinski definition) is 6. The number of carbonyl (C=O) groups excluding carboxylic acids is 2. The van der Waals surface area contributed by atoms with Crippen LogP contribution in [0.2, 0.25) is 0 Å². The lowest BCUT2D eigenvalue weighted by Crippen LogP contribution is -2.55. The highest BCUT2D eigenvalue weighted by atomic mass is 32.2. The third-order valence-electron chi connectivity index (χ3n) is 7.21. The lowest BCUT2D eigenvalue weighted by atomic mass is 9.91. The smallest absolute Gasteiger partial charge is 0.243 e. The van der Waals surface area contributed by atoms with Gasteiger partial charge in [0.2, 0.25) is 11.8 Å². The molecule has 2 atom stereocenters. The molecular weight excluding hydrogens is 464 g/mol. The van der Waals surface area contributed by atoms with Crippen molar-refractivity contribution in [3.8, 4) is 0 Å². The SMILES string of the molecule is O=C(NC1CCN(Cc2ccccc2)CC1)C(CSCC1CCCCC1)NC(=O)[C@@H]1CSCN1. The summed E-state index contributed by atoms with van der Waals surface area (Å²) >= 11 is 3.56. The molecule has 0 radical (unpaired) electrons. The summed E-state index contributed by atoms with van der Waals surface area (Å²) < 4.78 is 0. The summed E-state index contributed by atoms with van der Waals surface area (Å²) in [7, 11) is 0. The van der Waals surface area contributed by atoms with Crippen LogP contribution in [0.5, 0.6) is 0 Å². The Morgan fingerprint density at radius 1 is 1.09 bits per heavy atom. The van der Waals surface area contributed by atoms with E-state index in [1.165, 1.54) is 37.7 Å². The maximum Gasteiger partial charge on any atom is 0.243 e. The third-order valence-corrected chi connectivity index (χ3v) is 9.43. The highest BCUT2D eigenvalue weighted by Crippen LogP contribution is 2.27. The summed E-state index contributed by atoms with van der Waals surface area (Å²) in [6.07, 6.45) is 8.55. The first kappa shape index (κ1) is 25.9. The fraction of sp³-hybridized carbons (Fsp3) is 0.692. The van der Waals surface area contributed by atoms with E-state index in [0.29, 0.717) is 5.75 Å². The Morgan fingerprint density at radius 3 is 2.56 bits per heavy atom. The highest BCUT2D eigenvalue weighted by Gasteiger charge is 2.30. The van der Waals surface area contributed by atoms with Crippen LogP contribution in [0, 0.1) is 5.92 Å². The van der Waals surface area contributed by atoms with Crippen LogP contribution in [0.1, 0.15) is 50.5 Å². The molecule has 2 aliphatic heterocycles. The summed E-state index contributed by atoms with van der Waals surface area (Å²) in [5.41, 5.74) is 1.33. The fourth-order valence-corrected chi connectivity index (χ4v) is 7.32. The summed E-state index contributed by atoms with van der Waals surface area (Å²) in [6.45, 7) is 2.93. The molecule has 0 spiro atoms. The van der Waals surface area contributed by atoms with E-state index in [9.17, 15) is 9.59 Å². The second-order valence-electron chi connectivity index (χ2n) is 9.92. The van der Waals surface area contributed by atoms with Crippen molar-refractivity contribution in [1.82, 2.24) is 20.9 Å². The normalized spacial score (nSPS) is 23.5. The van der Waals surface area contributed by atoms with E-state index in [-0.39, 0.29) is 23.9 Å². The third kappa shape index (κ3) is 8.18. The second kappa shape index (κ2) is 13.8. The Balaban J connectivity index is 1.25. The summed E-state index contributed by atoms with van der Waals surface area (Å²) in [5.74, 6) is 4.02. The van der Waals surface area contributed by atoms with Gasteiger partial charge in [0.1, 0.15) is 6.04 Å². The Bertz CT molecular complexity index is 761. The maximum absolute atomic E-state index is 13.2. The summed E-state index contributed by atoms with van der Waals surface area (Å²) in [4.78, 5) is 28.4. The predicted octanol–water partition coefficient (Wildman–Crippen LogP) is 3.23. The van der Waals surface area contributed by atoms with Crippen LogP contribution in [0.25, 0.3) is 0 Å². The minimum atomic E-state index is -0.462. The monoisotopic (exact) mass is 504 g/mol. The van der Waals surface area contributed by atoms with Crippen LogP contribution < -0.4 is 16.0 Å². The van der Waals surface area contributed by atoms with Gasteiger partial charge in [-0.25, -0.2) is 0 Å². The lowest BCUT2D eigenvalue weighted by molar-refractivity contribution is -0.129. The number of likely N-dealkylation sites (tertiary alicyclic amines) is 1. The van der Waals surface area contributed by atoms with E-state index in [1.807, 2.05) is 11.8 Å². The van der Waals surface area contributed by atoms with Crippen molar-refractivity contribution in [1.29, 1.82) is 0 Å². The van der Waals surface area contributed by atoms with Crippen LogP contribution in [0.15, 0.2) is 30.3 Å². The number of amides is 2. The second-order valence-corrected chi connectivity index (χ2v) is 12.0. The molecule has 3 fully saturated rings. The summed E-state index contributed by atoms with van der Waals surface area (Å²) in [6, 6.07) is 10.1. The van der Waals surface area contributed by atoms with E-state index in [0.717, 1.165) is 55.8 Å². The molecule has 8 heteroatoms. The van der Waals surface area contributed by atoms with E-state index in [1.54, 1.807) is 11.8 Å². The molecule has 1 aliphatic carbocycles. The van der Waals surface area contributed by atoms with Gasteiger partial charge in [0.25, 0.3) is 0 Å². The van der Waals surface area contributed by atoms with Gasteiger partial charge in [0.05, 0.1) is 6.04 Å². The van der Waals surface area contributed by atoms with Crippen molar-refractivity contribution in [2.24, 2.45) is 5.92 Å². The molecule has 0 bridgehead atoms. The molecule has 1 unspecified atom stereocenters. The van der Waals surface area contributed by atoms with Crippen LogP contribution in [0.3, 0.4) is 0 Å². The van der Waals surface area contributed by atoms with Gasteiger partial charge in [-0.15, -0.1) is 11.8 Å². The van der Waals surface area contributed by atoms with Gasteiger partial charge in [-0.05, 0) is 42.9 Å². The van der Waals surface area contributed by atoms with Crippen LogP contribution in [-0.2, 0) is 16.1 Å². The molecule has 0 aromatic heterocycles. The lowest BCUT2D eigenvalue weighted by Gasteiger charge is -2.33. The van der Waals surface area contributed by atoms with Crippen molar-refractivity contribution in [3.05, 3.63) is 35.9 Å². The van der Waals surface area contributed by atoms with Crippen molar-refractivity contribution in [2.75, 3.05) is 36.2 Å². The molecule has 1 aromatic carbocycles. The van der Waals surface area contributed by atoms with E-state index in [4.69, 9.17) is 0 Å². The van der Waals surface area contributed by atoms with Gasteiger partial charge >= 0.3 is 0 Å². The molecule has 2 saturated heterocycles. The summed E-state index contributed by atoms with van der Waals surface area (Å²) in [5, 5.41) is 9.56. The fourth-order valence-electron chi connectivity index (χ4n) is 5.10. The largest absolute Gasteiger partial charge is 0.351 e. The van der Waals surface area contributed by atoms with Gasteiger partial charge in [0.15, 0.2) is 0 Å². The first-order valence-corrected chi connectivity index (χ1v) is 15.2. The molecule has 2 heterocycles. The Kier molecular flexibility index (Phi) is 10.5. The molecule has 3 N–H and O–H groups in total. The van der Waals surface area contributed by atoms with Gasteiger partial charge in [0, 0.05) is 43.1 Å². The van der Waals surface area contributed by atoms with Crippen molar-refractivity contribution < 1.29 is 9.59 Å². The molecule has 4 rings (SSSR count).